The summed E-state index contributed by atoms with van der Waals surface area (Å²) in [4.78, 5) is 41.1. The average Bonchev–Trinajstić information content (AvgIpc) is 3.12. The fourth-order valence-corrected chi connectivity index (χ4v) is 4.61. The van der Waals surface area contributed by atoms with E-state index in [0.717, 1.165) is 22.2 Å². The van der Waals surface area contributed by atoms with E-state index in [1.165, 1.54) is 4.90 Å². The molecule has 2 aliphatic heterocycles. The number of hydrogen-bond acceptors (Lipinski definition) is 5. The van der Waals surface area contributed by atoms with E-state index in [1.54, 1.807) is 30.3 Å². The van der Waals surface area contributed by atoms with Gasteiger partial charge >= 0.3 is 0 Å². The summed E-state index contributed by atoms with van der Waals surface area (Å²) >= 11 is 12.4. The summed E-state index contributed by atoms with van der Waals surface area (Å²) in [5, 5.41) is 0.502. The topological polar surface area (TPSA) is 57.7 Å². The molecule has 140 valence electrons. The van der Waals surface area contributed by atoms with Crippen molar-refractivity contribution < 1.29 is 14.4 Å². The number of carbonyl (C=O) groups excluding carboxylic acids is 3. The van der Waals surface area contributed by atoms with Crippen molar-refractivity contribution in [2.75, 3.05) is 4.90 Å². The Hall–Kier alpha value is -2.48. The molecule has 0 saturated carbocycles. The summed E-state index contributed by atoms with van der Waals surface area (Å²) in [5.41, 5.74) is 1.28. The highest BCUT2D eigenvalue weighted by Gasteiger charge is 2.48. The number of rotatable bonds is 3. The maximum Gasteiger partial charge on any atom is 0.266 e. The molecule has 0 bridgehead atoms. The summed E-state index contributed by atoms with van der Waals surface area (Å²) in [6, 6.07) is 14.8. The SMILES string of the molecule is O=C1CC(N2C(=O)C(=Cc3ccccc3)SC2=S)C(=O)N1c1ccc(Cl)cc1. The van der Waals surface area contributed by atoms with Crippen LogP contribution in [-0.4, -0.2) is 33.0 Å². The molecule has 2 heterocycles. The summed E-state index contributed by atoms with van der Waals surface area (Å²) in [5.74, 6) is -1.20. The molecule has 1 atom stereocenters. The van der Waals surface area contributed by atoms with Crippen LogP contribution in [0.4, 0.5) is 5.69 Å². The lowest BCUT2D eigenvalue weighted by molar-refractivity contribution is -0.129. The Bertz CT molecular complexity index is 1020. The van der Waals surface area contributed by atoms with Crippen LogP contribution in [0.25, 0.3) is 6.08 Å². The Morgan fingerprint density at radius 2 is 1.71 bits per heavy atom. The minimum Gasteiger partial charge on any atom is -0.280 e. The highest BCUT2D eigenvalue weighted by molar-refractivity contribution is 8.26. The molecule has 8 heteroatoms. The molecule has 0 aromatic heterocycles. The lowest BCUT2D eigenvalue weighted by atomic mass is 10.2. The second-order valence-corrected chi connectivity index (χ2v) is 8.34. The molecule has 2 aromatic carbocycles. The number of thioether (sulfide) groups is 1. The van der Waals surface area contributed by atoms with Gasteiger partial charge in [0.25, 0.3) is 11.8 Å². The number of benzene rings is 2. The minimum absolute atomic E-state index is 0.105. The van der Waals surface area contributed by atoms with Gasteiger partial charge in [-0.2, -0.15) is 0 Å². The molecular weight excluding hydrogens is 416 g/mol. The van der Waals surface area contributed by atoms with Gasteiger partial charge in [0.15, 0.2) is 0 Å². The van der Waals surface area contributed by atoms with Crippen molar-refractivity contribution in [3.05, 3.63) is 70.1 Å². The molecule has 2 fully saturated rings. The van der Waals surface area contributed by atoms with Gasteiger partial charge < -0.3 is 0 Å². The van der Waals surface area contributed by atoms with E-state index in [-0.39, 0.29) is 22.6 Å². The van der Waals surface area contributed by atoms with Crippen LogP contribution < -0.4 is 4.90 Å². The number of thiocarbonyl (C=S) groups is 1. The van der Waals surface area contributed by atoms with Crippen LogP contribution in [0.3, 0.4) is 0 Å². The van der Waals surface area contributed by atoms with Crippen LogP contribution >= 0.6 is 35.6 Å². The number of amides is 3. The third kappa shape index (κ3) is 3.37. The molecule has 3 amide bonds. The Morgan fingerprint density at radius 1 is 1.04 bits per heavy atom. The molecular formula is C20H13ClN2O3S2. The van der Waals surface area contributed by atoms with Crippen molar-refractivity contribution >= 4 is 69.4 Å². The van der Waals surface area contributed by atoms with Crippen LogP contribution in [0.5, 0.6) is 0 Å². The van der Waals surface area contributed by atoms with Gasteiger partial charge in [0.1, 0.15) is 10.4 Å². The fraction of sp³-hybridized carbons (Fsp3) is 0.100. The van der Waals surface area contributed by atoms with E-state index in [4.69, 9.17) is 23.8 Å². The molecule has 0 radical (unpaired) electrons. The summed E-state index contributed by atoms with van der Waals surface area (Å²) < 4.78 is 0.274. The molecule has 5 nitrogen and oxygen atoms in total. The molecule has 2 saturated heterocycles. The van der Waals surface area contributed by atoms with Crippen molar-refractivity contribution in [2.24, 2.45) is 0 Å². The molecule has 4 rings (SSSR count). The first-order valence-electron chi connectivity index (χ1n) is 8.40. The van der Waals surface area contributed by atoms with Crippen LogP contribution in [0, 0.1) is 0 Å². The first kappa shape index (κ1) is 18.9. The maximum absolute atomic E-state index is 12.9. The Morgan fingerprint density at radius 3 is 2.39 bits per heavy atom. The zero-order chi connectivity index (χ0) is 19.8. The third-order valence-corrected chi connectivity index (χ3v) is 6.02. The lowest BCUT2D eigenvalue weighted by Gasteiger charge is -2.21. The second kappa shape index (κ2) is 7.50. The molecule has 28 heavy (non-hydrogen) atoms. The average molecular weight is 429 g/mol. The Balaban J connectivity index is 1.61. The van der Waals surface area contributed by atoms with Gasteiger partial charge in [-0.25, -0.2) is 4.90 Å². The Labute approximate surface area is 175 Å². The first-order valence-corrected chi connectivity index (χ1v) is 10.0. The van der Waals surface area contributed by atoms with Gasteiger partial charge in [-0.1, -0.05) is 65.9 Å². The van der Waals surface area contributed by atoms with Gasteiger partial charge in [-0.05, 0) is 35.9 Å². The molecule has 0 N–H and O–H groups in total. The van der Waals surface area contributed by atoms with Crippen LogP contribution in [0.1, 0.15) is 12.0 Å². The first-order chi connectivity index (χ1) is 13.5. The molecule has 2 aromatic rings. The summed E-state index contributed by atoms with van der Waals surface area (Å²) in [7, 11) is 0. The number of halogens is 1. The van der Waals surface area contributed by atoms with E-state index in [9.17, 15) is 14.4 Å². The van der Waals surface area contributed by atoms with Crippen molar-refractivity contribution in [3.8, 4) is 0 Å². The maximum atomic E-state index is 12.9. The number of nitrogens with zero attached hydrogens (tertiary/aromatic N) is 2. The lowest BCUT2D eigenvalue weighted by Crippen LogP contribution is -2.44. The van der Waals surface area contributed by atoms with Gasteiger partial charge in [-0.3, -0.25) is 19.3 Å². The van der Waals surface area contributed by atoms with Crippen LogP contribution in [0.15, 0.2) is 59.5 Å². The quantitative estimate of drug-likeness (QED) is 0.422. The monoisotopic (exact) mass is 428 g/mol. The molecule has 2 aliphatic rings. The zero-order valence-corrected chi connectivity index (χ0v) is 16.8. The van der Waals surface area contributed by atoms with E-state index in [0.29, 0.717) is 15.6 Å². The van der Waals surface area contributed by atoms with Gasteiger partial charge in [0.2, 0.25) is 5.91 Å². The Kier molecular flexibility index (Phi) is 5.05. The summed E-state index contributed by atoms with van der Waals surface area (Å²) in [6.07, 6.45) is 1.63. The van der Waals surface area contributed by atoms with E-state index in [2.05, 4.69) is 0 Å². The molecule has 1 unspecified atom stereocenters. The number of hydrogen-bond donors (Lipinski definition) is 0. The molecule has 0 spiro atoms. The van der Waals surface area contributed by atoms with Crippen molar-refractivity contribution in [1.82, 2.24) is 4.90 Å². The van der Waals surface area contributed by atoms with Gasteiger partial charge in [-0.15, -0.1) is 0 Å². The predicted molar refractivity (Wildman–Crippen MR) is 114 cm³/mol. The van der Waals surface area contributed by atoms with Crippen molar-refractivity contribution in [2.45, 2.75) is 12.5 Å². The standard InChI is InChI=1S/C20H13ClN2O3S2/c21-13-6-8-14(9-7-13)22-17(24)11-15(18(22)25)23-19(26)16(28-20(23)27)10-12-4-2-1-3-5-12/h1-10,15H,11H2. The van der Waals surface area contributed by atoms with E-state index < -0.39 is 11.9 Å². The highest BCUT2D eigenvalue weighted by Crippen LogP contribution is 2.37. The predicted octanol–water partition coefficient (Wildman–Crippen LogP) is 3.87. The zero-order valence-electron chi connectivity index (χ0n) is 14.4. The number of imide groups is 1. The number of carbonyl (C=O) groups is 3. The largest absolute Gasteiger partial charge is 0.280 e. The number of anilines is 1. The smallest absolute Gasteiger partial charge is 0.266 e. The second-order valence-electron chi connectivity index (χ2n) is 6.23. The summed E-state index contributed by atoms with van der Waals surface area (Å²) in [6.45, 7) is 0. The van der Waals surface area contributed by atoms with Gasteiger partial charge in [0.05, 0.1) is 17.0 Å². The third-order valence-electron chi connectivity index (χ3n) is 4.44. The van der Waals surface area contributed by atoms with E-state index >= 15 is 0 Å². The normalized spacial score (nSPS) is 21.3. The minimum atomic E-state index is -0.933. The fourth-order valence-electron chi connectivity index (χ4n) is 3.13. The van der Waals surface area contributed by atoms with Crippen LogP contribution in [-0.2, 0) is 14.4 Å². The van der Waals surface area contributed by atoms with Crippen LogP contribution in [0.2, 0.25) is 5.02 Å². The van der Waals surface area contributed by atoms with Crippen molar-refractivity contribution in [3.63, 3.8) is 0 Å². The highest BCUT2D eigenvalue weighted by atomic mass is 35.5. The van der Waals surface area contributed by atoms with Gasteiger partial charge in [0, 0.05) is 5.02 Å². The van der Waals surface area contributed by atoms with Crippen molar-refractivity contribution in [1.29, 1.82) is 0 Å². The van der Waals surface area contributed by atoms with E-state index in [1.807, 2.05) is 30.3 Å². The molecule has 0 aliphatic carbocycles.